The number of likely N-dealkylation sites (tertiary alicyclic amines) is 1. The highest BCUT2D eigenvalue weighted by atomic mass is 16.2. The molecule has 2 amide bonds. The molecule has 1 atom stereocenters. The molecule has 0 saturated carbocycles. The maximum Gasteiger partial charge on any atom is 0.229 e. The number of imide groups is 1. The van der Waals surface area contributed by atoms with Gasteiger partial charge in [-0.15, -0.1) is 0 Å². The van der Waals surface area contributed by atoms with Crippen molar-refractivity contribution >= 4 is 11.8 Å². The van der Waals surface area contributed by atoms with Crippen molar-refractivity contribution in [1.29, 1.82) is 0 Å². The van der Waals surface area contributed by atoms with Crippen LogP contribution in [-0.2, 0) is 9.59 Å². The van der Waals surface area contributed by atoms with Crippen molar-refractivity contribution < 1.29 is 9.59 Å². The van der Waals surface area contributed by atoms with E-state index in [2.05, 4.69) is 5.32 Å². The Morgan fingerprint density at radius 1 is 1.12 bits per heavy atom. The fourth-order valence-electron chi connectivity index (χ4n) is 2.86. The molecule has 2 rings (SSSR count). The molecule has 2 aliphatic rings. The Balaban J connectivity index is 2.09. The van der Waals surface area contributed by atoms with E-state index in [4.69, 9.17) is 0 Å². The van der Waals surface area contributed by atoms with E-state index >= 15 is 0 Å². The Labute approximate surface area is 103 Å². The number of nitrogens with one attached hydrogen (secondary N) is 1. The van der Waals surface area contributed by atoms with Crippen LogP contribution in [-0.4, -0.2) is 35.8 Å². The maximum atomic E-state index is 12.1. The summed E-state index contributed by atoms with van der Waals surface area (Å²) < 4.78 is 0. The number of carbonyl (C=O) groups excluding carboxylic acids is 2. The fourth-order valence-corrected chi connectivity index (χ4v) is 2.86. The molecule has 0 aromatic carbocycles. The SMILES string of the molecule is CC1(C)CC(=O)N(C2CCCNCC2)C(=O)C1. The molecule has 96 valence electrons. The minimum Gasteiger partial charge on any atom is -0.317 e. The van der Waals surface area contributed by atoms with E-state index in [0.29, 0.717) is 12.8 Å². The van der Waals surface area contributed by atoms with Gasteiger partial charge in [-0.05, 0) is 37.8 Å². The minimum absolute atomic E-state index is 0.0261. The summed E-state index contributed by atoms with van der Waals surface area (Å²) in [5, 5.41) is 3.31. The van der Waals surface area contributed by atoms with Gasteiger partial charge in [0.15, 0.2) is 0 Å². The van der Waals surface area contributed by atoms with Crippen LogP contribution in [0.3, 0.4) is 0 Å². The zero-order valence-corrected chi connectivity index (χ0v) is 10.8. The molecule has 0 aliphatic carbocycles. The van der Waals surface area contributed by atoms with E-state index in [1.807, 2.05) is 13.8 Å². The lowest BCUT2D eigenvalue weighted by Gasteiger charge is -2.38. The molecule has 2 saturated heterocycles. The summed E-state index contributed by atoms with van der Waals surface area (Å²) in [6.07, 6.45) is 3.90. The normalized spacial score (nSPS) is 30.2. The second-order valence-electron chi connectivity index (χ2n) is 6.01. The lowest BCUT2D eigenvalue weighted by Crippen LogP contribution is -2.51. The van der Waals surface area contributed by atoms with Gasteiger partial charge < -0.3 is 5.32 Å². The molecule has 0 radical (unpaired) electrons. The second-order valence-corrected chi connectivity index (χ2v) is 6.01. The largest absolute Gasteiger partial charge is 0.317 e. The molecule has 2 aliphatic heterocycles. The van der Waals surface area contributed by atoms with Crippen molar-refractivity contribution in [3.05, 3.63) is 0 Å². The van der Waals surface area contributed by atoms with Crippen LogP contribution in [0.4, 0.5) is 0 Å². The summed E-state index contributed by atoms with van der Waals surface area (Å²) in [6, 6.07) is 0.126. The van der Waals surface area contributed by atoms with Gasteiger partial charge in [0.05, 0.1) is 0 Å². The number of rotatable bonds is 1. The zero-order valence-electron chi connectivity index (χ0n) is 10.8. The smallest absolute Gasteiger partial charge is 0.229 e. The Hall–Kier alpha value is -0.900. The quantitative estimate of drug-likeness (QED) is 0.701. The van der Waals surface area contributed by atoms with Crippen molar-refractivity contribution in [2.24, 2.45) is 5.41 Å². The van der Waals surface area contributed by atoms with Crippen molar-refractivity contribution in [2.45, 2.75) is 52.0 Å². The van der Waals surface area contributed by atoms with Gasteiger partial charge in [-0.2, -0.15) is 0 Å². The van der Waals surface area contributed by atoms with Crippen LogP contribution in [0, 0.1) is 5.41 Å². The average Bonchev–Trinajstić information content (AvgIpc) is 2.43. The van der Waals surface area contributed by atoms with Crippen LogP contribution in [0.15, 0.2) is 0 Å². The highest BCUT2D eigenvalue weighted by molar-refractivity contribution is 5.98. The molecular formula is C13H22N2O2. The molecule has 0 bridgehead atoms. The van der Waals surface area contributed by atoms with E-state index in [-0.39, 0.29) is 23.3 Å². The van der Waals surface area contributed by atoms with Crippen molar-refractivity contribution in [3.8, 4) is 0 Å². The van der Waals surface area contributed by atoms with Crippen LogP contribution in [0.2, 0.25) is 0 Å². The van der Waals surface area contributed by atoms with Gasteiger partial charge in [0.25, 0.3) is 0 Å². The summed E-state index contributed by atoms with van der Waals surface area (Å²) in [5.74, 6) is 0.0521. The van der Waals surface area contributed by atoms with Gasteiger partial charge >= 0.3 is 0 Å². The fraction of sp³-hybridized carbons (Fsp3) is 0.846. The van der Waals surface area contributed by atoms with Gasteiger partial charge in [-0.25, -0.2) is 0 Å². The first-order valence-electron chi connectivity index (χ1n) is 6.55. The predicted molar refractivity (Wildman–Crippen MR) is 65.4 cm³/mol. The predicted octanol–water partition coefficient (Wildman–Crippen LogP) is 1.30. The lowest BCUT2D eigenvalue weighted by molar-refractivity contribution is -0.155. The summed E-state index contributed by atoms with van der Waals surface area (Å²) in [4.78, 5) is 25.8. The van der Waals surface area contributed by atoms with Crippen molar-refractivity contribution in [1.82, 2.24) is 10.2 Å². The number of piperidine rings is 1. The monoisotopic (exact) mass is 238 g/mol. The number of hydrogen-bond acceptors (Lipinski definition) is 3. The first-order valence-corrected chi connectivity index (χ1v) is 6.55. The van der Waals surface area contributed by atoms with Crippen molar-refractivity contribution in [3.63, 3.8) is 0 Å². The number of nitrogens with zero attached hydrogens (tertiary/aromatic N) is 1. The van der Waals surface area contributed by atoms with E-state index in [9.17, 15) is 9.59 Å². The van der Waals surface area contributed by atoms with Gasteiger partial charge in [-0.1, -0.05) is 13.8 Å². The highest BCUT2D eigenvalue weighted by Gasteiger charge is 2.40. The molecule has 17 heavy (non-hydrogen) atoms. The molecule has 2 fully saturated rings. The Morgan fingerprint density at radius 3 is 2.41 bits per heavy atom. The number of amides is 2. The Morgan fingerprint density at radius 2 is 1.76 bits per heavy atom. The molecule has 0 aromatic heterocycles. The second kappa shape index (κ2) is 4.77. The summed E-state index contributed by atoms with van der Waals surface area (Å²) in [5.41, 5.74) is -0.159. The highest BCUT2D eigenvalue weighted by Crippen LogP contribution is 2.33. The number of hydrogen-bond donors (Lipinski definition) is 1. The molecule has 0 aromatic rings. The first kappa shape index (κ1) is 12.6. The molecule has 4 nitrogen and oxygen atoms in total. The van der Waals surface area contributed by atoms with Crippen LogP contribution in [0.5, 0.6) is 0 Å². The van der Waals surface area contributed by atoms with E-state index < -0.39 is 0 Å². The summed E-state index contributed by atoms with van der Waals surface area (Å²) in [7, 11) is 0. The topological polar surface area (TPSA) is 49.4 Å². The van der Waals surface area contributed by atoms with E-state index in [1.165, 1.54) is 0 Å². The lowest BCUT2D eigenvalue weighted by atomic mass is 9.81. The van der Waals surface area contributed by atoms with Crippen molar-refractivity contribution in [2.75, 3.05) is 13.1 Å². The molecule has 2 heterocycles. The Kier molecular flexibility index (Phi) is 3.52. The van der Waals surface area contributed by atoms with Gasteiger partial charge in [0.1, 0.15) is 0 Å². The summed E-state index contributed by atoms with van der Waals surface area (Å²) in [6.45, 7) is 5.90. The summed E-state index contributed by atoms with van der Waals surface area (Å²) >= 11 is 0. The third-order valence-corrected chi connectivity index (χ3v) is 3.71. The third kappa shape index (κ3) is 2.86. The first-order chi connectivity index (χ1) is 7.99. The zero-order chi connectivity index (χ0) is 12.5. The van der Waals surface area contributed by atoms with Gasteiger partial charge in [-0.3, -0.25) is 14.5 Å². The van der Waals surface area contributed by atoms with E-state index in [0.717, 1.165) is 32.4 Å². The average molecular weight is 238 g/mol. The van der Waals surface area contributed by atoms with Gasteiger partial charge in [0.2, 0.25) is 11.8 Å². The molecule has 0 spiro atoms. The maximum absolute atomic E-state index is 12.1. The molecule has 1 unspecified atom stereocenters. The van der Waals surface area contributed by atoms with Crippen LogP contribution in [0.1, 0.15) is 46.0 Å². The molecule has 4 heteroatoms. The minimum atomic E-state index is -0.159. The van der Waals surface area contributed by atoms with Crippen LogP contribution >= 0.6 is 0 Å². The van der Waals surface area contributed by atoms with Crippen LogP contribution < -0.4 is 5.32 Å². The van der Waals surface area contributed by atoms with E-state index in [1.54, 1.807) is 4.90 Å². The number of carbonyl (C=O) groups is 2. The molecular weight excluding hydrogens is 216 g/mol. The third-order valence-electron chi connectivity index (χ3n) is 3.71. The van der Waals surface area contributed by atoms with Gasteiger partial charge in [0, 0.05) is 18.9 Å². The van der Waals surface area contributed by atoms with Crippen LogP contribution in [0.25, 0.3) is 0 Å². The Bertz CT molecular complexity index is 297. The standard InChI is InChI=1S/C13H22N2O2/c1-13(2)8-11(16)15(12(17)9-13)10-4-3-6-14-7-5-10/h10,14H,3-9H2,1-2H3. The molecule has 1 N–H and O–H groups in total.